The number of nitrogens with one attached hydrogen (secondary N) is 1. The first-order valence-corrected chi connectivity index (χ1v) is 9.04. The summed E-state index contributed by atoms with van der Waals surface area (Å²) in [7, 11) is 0. The van der Waals surface area contributed by atoms with Crippen LogP contribution in [0.15, 0.2) is 24.3 Å². The van der Waals surface area contributed by atoms with Gasteiger partial charge in [0.05, 0.1) is 24.1 Å². The number of nitrogens with zero attached hydrogens (tertiary/aromatic N) is 3. The predicted molar refractivity (Wildman–Crippen MR) is 98.4 cm³/mol. The maximum Gasteiger partial charge on any atom is 0.254 e. The Hall–Kier alpha value is -2.41. The molecule has 7 nitrogen and oxygen atoms in total. The topological polar surface area (TPSA) is 87.5 Å². The summed E-state index contributed by atoms with van der Waals surface area (Å²) in [5, 5.41) is 13.5. The van der Waals surface area contributed by atoms with Crippen LogP contribution >= 0.6 is 0 Å². The molecule has 1 aliphatic heterocycles. The van der Waals surface area contributed by atoms with Crippen molar-refractivity contribution in [2.24, 2.45) is 0 Å². The summed E-state index contributed by atoms with van der Waals surface area (Å²) in [5.41, 5.74) is 0.356. The highest BCUT2D eigenvalue weighted by Crippen LogP contribution is 2.23. The number of hydrogen-bond donors (Lipinski definition) is 2. The highest BCUT2D eigenvalue weighted by molar-refractivity contribution is 5.86. The molecule has 0 unspecified atom stereocenters. The van der Waals surface area contributed by atoms with Crippen molar-refractivity contribution >= 4 is 22.8 Å². The number of imidazole rings is 1. The lowest BCUT2D eigenvalue weighted by molar-refractivity contribution is -0.150. The zero-order valence-corrected chi connectivity index (χ0v) is 15.5. The average molecular weight is 358 g/mol. The van der Waals surface area contributed by atoms with E-state index in [0.717, 1.165) is 16.9 Å². The van der Waals surface area contributed by atoms with Gasteiger partial charge < -0.3 is 19.9 Å². The third kappa shape index (κ3) is 3.44. The summed E-state index contributed by atoms with van der Waals surface area (Å²) in [5.74, 6) is 0.167. The van der Waals surface area contributed by atoms with Crippen LogP contribution < -0.4 is 5.32 Å². The Morgan fingerprint density at radius 3 is 2.77 bits per heavy atom. The van der Waals surface area contributed by atoms with Gasteiger partial charge in [0.1, 0.15) is 5.82 Å². The van der Waals surface area contributed by atoms with E-state index in [1.807, 2.05) is 24.3 Å². The lowest BCUT2D eigenvalue weighted by Crippen LogP contribution is -2.57. The fraction of sp³-hybridized carbons (Fsp3) is 0.526. The van der Waals surface area contributed by atoms with E-state index in [2.05, 4.69) is 28.7 Å². The van der Waals surface area contributed by atoms with Crippen LogP contribution in [-0.4, -0.2) is 50.1 Å². The Bertz CT molecular complexity index is 829. The molecule has 3 rings (SSSR count). The van der Waals surface area contributed by atoms with Gasteiger partial charge in [-0.25, -0.2) is 4.98 Å². The molecule has 7 heteroatoms. The minimum Gasteiger partial charge on any atom is -0.378 e. The zero-order valence-electron chi connectivity index (χ0n) is 15.5. The lowest BCUT2D eigenvalue weighted by atomic mass is 9.92. The van der Waals surface area contributed by atoms with Crippen molar-refractivity contribution in [1.82, 2.24) is 19.8 Å². The van der Waals surface area contributed by atoms with Gasteiger partial charge in [-0.3, -0.25) is 9.59 Å². The molecule has 1 aromatic heterocycles. The first-order valence-electron chi connectivity index (χ1n) is 9.04. The van der Waals surface area contributed by atoms with Crippen LogP contribution in [0.5, 0.6) is 0 Å². The van der Waals surface area contributed by atoms with Gasteiger partial charge in [-0.1, -0.05) is 12.1 Å². The minimum absolute atomic E-state index is 0.0365. The second-order valence-corrected chi connectivity index (χ2v) is 7.24. The molecule has 1 aromatic carbocycles. The molecule has 1 atom stereocenters. The van der Waals surface area contributed by atoms with Crippen molar-refractivity contribution in [2.75, 3.05) is 13.1 Å². The predicted octanol–water partition coefficient (Wildman–Crippen LogP) is 1.61. The number of benzene rings is 1. The standard InChI is InChI=1S/C19H26N4O3/c1-13(2)23-16-8-5-4-7-15(16)21-17(23)11-20-18(25)19(26)9-6-10-22(12-19)14(3)24/h4-5,7-8,13,26H,6,9-12H2,1-3H3,(H,20,25)/t19-/m0/s1. The number of carbonyl (C=O) groups excluding carboxylic acids is 2. The van der Waals surface area contributed by atoms with E-state index >= 15 is 0 Å². The Labute approximate surface area is 153 Å². The van der Waals surface area contributed by atoms with Gasteiger partial charge in [-0.05, 0) is 38.8 Å². The van der Waals surface area contributed by atoms with Gasteiger partial charge in [-0.2, -0.15) is 0 Å². The smallest absolute Gasteiger partial charge is 0.254 e. The molecule has 2 N–H and O–H groups in total. The summed E-state index contributed by atoms with van der Waals surface area (Å²) in [4.78, 5) is 30.3. The summed E-state index contributed by atoms with van der Waals surface area (Å²) >= 11 is 0. The maximum absolute atomic E-state index is 12.6. The molecular weight excluding hydrogens is 332 g/mol. The van der Waals surface area contributed by atoms with Crippen LogP contribution in [0, 0.1) is 0 Å². The number of aliphatic hydroxyl groups is 1. The largest absolute Gasteiger partial charge is 0.378 e. The average Bonchev–Trinajstić information content (AvgIpc) is 2.98. The Morgan fingerprint density at radius 2 is 2.08 bits per heavy atom. The Balaban J connectivity index is 1.76. The Morgan fingerprint density at radius 1 is 1.35 bits per heavy atom. The Kier molecular flexibility index (Phi) is 5.00. The van der Waals surface area contributed by atoms with Crippen molar-refractivity contribution < 1.29 is 14.7 Å². The van der Waals surface area contributed by atoms with Crippen molar-refractivity contribution in [3.05, 3.63) is 30.1 Å². The molecule has 0 bridgehead atoms. The summed E-state index contributed by atoms with van der Waals surface area (Å²) in [6.07, 6.45) is 0.956. The van der Waals surface area contributed by atoms with Crippen LogP contribution in [0.25, 0.3) is 11.0 Å². The molecule has 0 aliphatic carbocycles. The molecule has 1 saturated heterocycles. The summed E-state index contributed by atoms with van der Waals surface area (Å²) in [6, 6.07) is 8.04. The number of para-hydroxylation sites is 2. The van der Waals surface area contributed by atoms with Crippen LogP contribution in [0.1, 0.15) is 45.5 Å². The molecule has 0 spiro atoms. The highest BCUT2D eigenvalue weighted by atomic mass is 16.3. The second-order valence-electron chi connectivity index (χ2n) is 7.24. The minimum atomic E-state index is -1.54. The number of carbonyl (C=O) groups is 2. The van der Waals surface area contributed by atoms with E-state index < -0.39 is 11.5 Å². The molecule has 1 aliphatic rings. The van der Waals surface area contributed by atoms with Crippen LogP contribution in [0.3, 0.4) is 0 Å². The van der Waals surface area contributed by atoms with Gasteiger partial charge in [0.15, 0.2) is 5.60 Å². The number of β-amino-alcohol motifs (C(OH)–C–C–N with tert-alkyl or cyclic N) is 1. The maximum atomic E-state index is 12.6. The van der Waals surface area contributed by atoms with E-state index in [-0.39, 0.29) is 25.0 Å². The molecule has 0 radical (unpaired) electrons. The number of piperidine rings is 1. The van der Waals surface area contributed by atoms with Crippen LogP contribution in [0.2, 0.25) is 0 Å². The van der Waals surface area contributed by atoms with Gasteiger partial charge in [0.25, 0.3) is 5.91 Å². The molecule has 26 heavy (non-hydrogen) atoms. The normalized spacial score (nSPS) is 20.6. The highest BCUT2D eigenvalue weighted by Gasteiger charge is 2.41. The van der Waals surface area contributed by atoms with E-state index in [1.165, 1.54) is 11.8 Å². The molecule has 0 saturated carbocycles. The van der Waals surface area contributed by atoms with E-state index in [1.54, 1.807) is 0 Å². The van der Waals surface area contributed by atoms with Crippen molar-refractivity contribution in [2.45, 2.75) is 51.8 Å². The van der Waals surface area contributed by atoms with Crippen LogP contribution in [0.4, 0.5) is 0 Å². The third-order valence-electron chi connectivity index (χ3n) is 4.93. The fourth-order valence-corrected chi connectivity index (χ4v) is 3.61. The van der Waals surface area contributed by atoms with E-state index in [9.17, 15) is 14.7 Å². The van der Waals surface area contributed by atoms with Gasteiger partial charge in [-0.15, -0.1) is 0 Å². The third-order valence-corrected chi connectivity index (χ3v) is 4.93. The van der Waals surface area contributed by atoms with Crippen LogP contribution in [-0.2, 0) is 16.1 Å². The number of fused-ring (bicyclic) bond motifs is 1. The first-order chi connectivity index (χ1) is 12.3. The van der Waals surface area contributed by atoms with Gasteiger partial charge >= 0.3 is 0 Å². The number of aromatic nitrogens is 2. The number of likely N-dealkylation sites (tertiary alicyclic amines) is 1. The molecule has 2 aromatic rings. The van der Waals surface area contributed by atoms with Crippen molar-refractivity contribution in [3.8, 4) is 0 Å². The molecule has 1 fully saturated rings. The number of rotatable bonds is 4. The second kappa shape index (κ2) is 7.07. The monoisotopic (exact) mass is 358 g/mol. The molecule has 140 valence electrons. The SMILES string of the molecule is CC(=O)N1CCC[C@@](O)(C(=O)NCc2nc3ccccc3n2C(C)C)C1. The van der Waals surface area contributed by atoms with Crippen molar-refractivity contribution in [3.63, 3.8) is 0 Å². The number of hydrogen-bond acceptors (Lipinski definition) is 4. The van der Waals surface area contributed by atoms with E-state index in [4.69, 9.17) is 0 Å². The van der Waals surface area contributed by atoms with Gasteiger partial charge in [0, 0.05) is 19.5 Å². The van der Waals surface area contributed by atoms with Gasteiger partial charge in [0.2, 0.25) is 5.91 Å². The molecular formula is C19H26N4O3. The first kappa shape index (κ1) is 18.4. The van der Waals surface area contributed by atoms with E-state index in [0.29, 0.717) is 19.4 Å². The zero-order chi connectivity index (χ0) is 18.9. The quantitative estimate of drug-likeness (QED) is 0.869. The molecule has 2 amide bonds. The summed E-state index contributed by atoms with van der Waals surface area (Å²) in [6.45, 7) is 6.43. The number of amides is 2. The molecule has 2 heterocycles. The summed E-state index contributed by atoms with van der Waals surface area (Å²) < 4.78 is 2.09. The lowest BCUT2D eigenvalue weighted by Gasteiger charge is -2.37. The van der Waals surface area contributed by atoms with Crippen molar-refractivity contribution in [1.29, 1.82) is 0 Å². The fourth-order valence-electron chi connectivity index (χ4n) is 3.61.